The minimum Gasteiger partial charge on any atom is -0.453 e. The molecule has 4 N–H and O–H groups in total. The molecule has 2 aliphatic heterocycles. The van der Waals surface area contributed by atoms with E-state index in [0.717, 1.165) is 41.1 Å². The molecule has 0 bridgehead atoms. The van der Waals surface area contributed by atoms with Gasteiger partial charge in [-0.25, -0.2) is 34.1 Å². The summed E-state index contributed by atoms with van der Waals surface area (Å²) in [7, 11) is 2.46. The molecule has 2 fully saturated rings. The van der Waals surface area contributed by atoms with Gasteiger partial charge in [-0.15, -0.1) is 0 Å². The lowest BCUT2D eigenvalue weighted by atomic mass is 10.0. The summed E-state index contributed by atoms with van der Waals surface area (Å²) in [4.78, 5) is 69.4. The molecule has 15 nitrogen and oxygen atoms in total. The lowest BCUT2D eigenvalue weighted by molar-refractivity contribution is -0.135. The first-order valence-electron chi connectivity index (χ1n) is 18.5. The van der Waals surface area contributed by atoms with Gasteiger partial charge in [-0.3, -0.25) is 4.79 Å². The molecule has 3 aromatic heterocycles. The van der Waals surface area contributed by atoms with Crippen LogP contribution in [0.5, 0.6) is 0 Å². The Morgan fingerprint density at radius 1 is 0.875 bits per heavy atom. The number of H-pyrrole nitrogens is 2. The Morgan fingerprint density at radius 3 is 2.36 bits per heavy atom. The fraction of sp³-hybridized carbons (Fsp3) is 0.350. The number of aromatic amines is 2. The molecule has 3 atom stereocenters. The fourth-order valence-electron chi connectivity index (χ4n) is 7.89. The standard InChI is InChI=1S/C40H41FN8O7/c1-20(2)32(46-39(52)54-3)37(50)48-15-5-8-29(48)36-43-26-13-10-21-17-23(9-12-24(21)33(26)45-36)34-31(41)25-18-22(11-14-30(25)56-34)27-19-42-35(44-27)28-7-6-16-49(28)38(51)47-40(53)55-4/h9-14,17-20,28-29,32H,5-8,15-16H2,1-4H3,(H,42,44)(H,43,45)(H,46,52)(H,47,51,53)/t28-,29-,32-/m0/s1. The molecular formula is C40H41FN8O7. The quantitative estimate of drug-likeness (QED) is 0.129. The van der Waals surface area contributed by atoms with E-state index in [1.807, 2.05) is 44.2 Å². The van der Waals surface area contributed by atoms with Gasteiger partial charge in [0.15, 0.2) is 11.6 Å². The van der Waals surface area contributed by atoms with E-state index in [1.54, 1.807) is 29.3 Å². The SMILES string of the molecule is COC(=O)NC(=O)N1CCC[C@H]1c1ncc(-c2ccc3oc(-c4ccc5c(ccc6[nH]c([C@@H]7CCCN7C(=O)[C@@H](NC(=O)OC)C(C)C)nc65)c4)c(F)c3c2)[nH]1. The zero-order valence-corrected chi connectivity index (χ0v) is 31.3. The van der Waals surface area contributed by atoms with Crippen molar-refractivity contribution in [2.45, 2.75) is 57.7 Å². The normalized spacial score (nSPS) is 17.6. The number of alkyl carbamates (subject to hydrolysis) is 2. The molecule has 0 unspecified atom stereocenters. The minimum absolute atomic E-state index is 0.103. The van der Waals surface area contributed by atoms with Crippen LogP contribution in [0.25, 0.3) is 55.4 Å². The highest BCUT2D eigenvalue weighted by molar-refractivity contribution is 6.05. The van der Waals surface area contributed by atoms with Crippen LogP contribution < -0.4 is 10.6 Å². The minimum atomic E-state index is -0.834. The van der Waals surface area contributed by atoms with Crippen LogP contribution in [-0.2, 0) is 14.3 Å². The molecule has 5 amide bonds. The molecule has 8 rings (SSSR count). The number of nitrogens with one attached hydrogen (secondary N) is 4. The lowest BCUT2D eigenvalue weighted by Gasteiger charge is -2.29. The van der Waals surface area contributed by atoms with Crippen LogP contribution >= 0.6 is 0 Å². The van der Waals surface area contributed by atoms with Crippen LogP contribution in [0.1, 0.15) is 63.3 Å². The Hall–Kier alpha value is -6.45. The van der Waals surface area contributed by atoms with Gasteiger partial charge in [-0.05, 0) is 67.3 Å². The number of carbonyl (C=O) groups is 4. The monoisotopic (exact) mass is 764 g/mol. The molecule has 0 saturated carbocycles. The summed E-state index contributed by atoms with van der Waals surface area (Å²) in [6.07, 6.45) is 3.08. The molecule has 16 heteroatoms. The molecule has 56 heavy (non-hydrogen) atoms. The molecule has 0 radical (unpaired) electrons. The molecule has 0 spiro atoms. The Bertz CT molecular complexity index is 2510. The van der Waals surface area contributed by atoms with Gasteiger partial charge < -0.3 is 39.0 Å². The van der Waals surface area contributed by atoms with Crippen molar-refractivity contribution < 1.29 is 37.5 Å². The number of halogens is 1. The predicted molar refractivity (Wildman–Crippen MR) is 204 cm³/mol. The van der Waals surface area contributed by atoms with Gasteiger partial charge in [0.05, 0.1) is 54.6 Å². The van der Waals surface area contributed by atoms with E-state index >= 15 is 4.39 Å². The molecule has 3 aromatic carbocycles. The number of amides is 5. The number of imidazole rings is 2. The number of nitrogens with zero attached hydrogens (tertiary/aromatic N) is 4. The number of carbonyl (C=O) groups excluding carboxylic acids is 4. The van der Waals surface area contributed by atoms with Crippen molar-refractivity contribution in [3.63, 3.8) is 0 Å². The van der Waals surface area contributed by atoms with E-state index in [4.69, 9.17) is 14.1 Å². The maximum Gasteiger partial charge on any atom is 0.415 e. The number of urea groups is 1. The average molecular weight is 765 g/mol. The van der Waals surface area contributed by atoms with Crippen molar-refractivity contribution in [3.05, 3.63) is 72.2 Å². The Balaban J connectivity index is 1.04. The number of furan rings is 1. The maximum absolute atomic E-state index is 16.2. The van der Waals surface area contributed by atoms with Crippen LogP contribution in [-0.4, -0.2) is 87.2 Å². The Morgan fingerprint density at radius 2 is 1.61 bits per heavy atom. The highest BCUT2D eigenvalue weighted by atomic mass is 19.1. The van der Waals surface area contributed by atoms with E-state index < -0.39 is 30.1 Å². The van der Waals surface area contributed by atoms with Crippen LogP contribution in [0.2, 0.25) is 0 Å². The summed E-state index contributed by atoms with van der Waals surface area (Å²) >= 11 is 0. The van der Waals surface area contributed by atoms with Gasteiger partial charge >= 0.3 is 18.2 Å². The number of fused-ring (bicyclic) bond motifs is 4. The molecule has 0 aliphatic carbocycles. The number of rotatable bonds is 7. The number of aromatic nitrogens is 4. The smallest absolute Gasteiger partial charge is 0.415 e. The zero-order chi connectivity index (χ0) is 39.2. The Labute approximate surface area is 319 Å². The average Bonchev–Trinajstić information content (AvgIpc) is 4.05. The maximum atomic E-state index is 16.2. The highest BCUT2D eigenvalue weighted by Crippen LogP contribution is 2.39. The summed E-state index contributed by atoms with van der Waals surface area (Å²) in [5.41, 5.74) is 3.80. The number of methoxy groups -OCH3 is 2. The lowest BCUT2D eigenvalue weighted by Crippen LogP contribution is -2.51. The van der Waals surface area contributed by atoms with Crippen LogP contribution in [0.3, 0.4) is 0 Å². The second-order valence-electron chi connectivity index (χ2n) is 14.5. The van der Waals surface area contributed by atoms with Crippen molar-refractivity contribution in [3.8, 4) is 22.6 Å². The van der Waals surface area contributed by atoms with E-state index in [9.17, 15) is 19.2 Å². The van der Waals surface area contributed by atoms with E-state index in [0.29, 0.717) is 58.9 Å². The third-order valence-corrected chi connectivity index (χ3v) is 10.7. The van der Waals surface area contributed by atoms with Crippen LogP contribution in [0.15, 0.2) is 59.1 Å². The van der Waals surface area contributed by atoms with Crippen molar-refractivity contribution in [2.24, 2.45) is 5.92 Å². The number of hydrogen-bond donors (Lipinski definition) is 4. The second-order valence-corrected chi connectivity index (χ2v) is 14.5. The van der Waals surface area contributed by atoms with Crippen molar-refractivity contribution in [1.29, 1.82) is 0 Å². The highest BCUT2D eigenvalue weighted by Gasteiger charge is 2.38. The number of likely N-dealkylation sites (tertiary alicyclic amines) is 2. The molecule has 5 heterocycles. The van der Waals surface area contributed by atoms with Crippen molar-refractivity contribution in [1.82, 2.24) is 40.4 Å². The summed E-state index contributed by atoms with van der Waals surface area (Å²) < 4.78 is 31.6. The first-order valence-corrected chi connectivity index (χ1v) is 18.5. The summed E-state index contributed by atoms with van der Waals surface area (Å²) in [6.45, 7) is 4.76. The van der Waals surface area contributed by atoms with Crippen LogP contribution in [0.4, 0.5) is 18.8 Å². The number of imide groups is 1. The molecule has 2 aliphatic rings. The van der Waals surface area contributed by atoms with Gasteiger partial charge in [-0.2, -0.15) is 0 Å². The Kier molecular flexibility index (Phi) is 9.56. The van der Waals surface area contributed by atoms with Crippen molar-refractivity contribution >= 4 is 56.9 Å². The number of benzene rings is 3. The van der Waals surface area contributed by atoms with Gasteiger partial charge in [-0.1, -0.05) is 32.0 Å². The summed E-state index contributed by atoms with van der Waals surface area (Å²) in [5.74, 6) is 0.492. The van der Waals surface area contributed by atoms with Crippen LogP contribution in [0, 0.1) is 11.7 Å². The first-order chi connectivity index (χ1) is 27.0. The largest absolute Gasteiger partial charge is 0.453 e. The van der Waals surface area contributed by atoms with Gasteiger partial charge in [0.2, 0.25) is 5.91 Å². The van der Waals surface area contributed by atoms with Gasteiger partial charge in [0, 0.05) is 29.6 Å². The van der Waals surface area contributed by atoms with E-state index in [2.05, 4.69) is 30.3 Å². The predicted octanol–water partition coefficient (Wildman–Crippen LogP) is 7.32. The number of hydrogen-bond acceptors (Lipinski definition) is 9. The van der Waals surface area contributed by atoms with Crippen molar-refractivity contribution in [2.75, 3.05) is 27.3 Å². The van der Waals surface area contributed by atoms with Gasteiger partial charge in [0.25, 0.3) is 0 Å². The second kappa shape index (κ2) is 14.7. The zero-order valence-electron chi connectivity index (χ0n) is 31.3. The molecule has 6 aromatic rings. The van der Waals surface area contributed by atoms with E-state index in [-0.39, 0.29) is 29.7 Å². The summed E-state index contributed by atoms with van der Waals surface area (Å²) in [5, 5.41) is 6.88. The fourth-order valence-corrected chi connectivity index (χ4v) is 7.89. The third kappa shape index (κ3) is 6.54. The molecule has 290 valence electrons. The first kappa shape index (κ1) is 36.5. The van der Waals surface area contributed by atoms with Gasteiger partial charge in [0.1, 0.15) is 23.3 Å². The topological polar surface area (TPSA) is 188 Å². The third-order valence-electron chi connectivity index (χ3n) is 10.7. The number of ether oxygens (including phenoxy) is 2. The van der Waals surface area contributed by atoms with E-state index in [1.165, 1.54) is 19.1 Å². The molecular weight excluding hydrogens is 723 g/mol. The molecule has 2 saturated heterocycles. The summed E-state index contributed by atoms with van der Waals surface area (Å²) in [6, 6.07) is 12.7.